The van der Waals surface area contributed by atoms with Gasteiger partial charge in [-0.3, -0.25) is 0 Å². The molecule has 0 aliphatic carbocycles. The molecule has 0 saturated carbocycles. The van der Waals surface area contributed by atoms with Gasteiger partial charge in [-0.1, -0.05) is 0 Å². The molecule has 0 radical (unpaired) electrons. The standard InChI is InChI=1S/C6H13O.Al.O/c1-2-3-4-5-6-7;;/h2-6H2,1H3;;/q-1;+1;. The molecule has 0 aromatic heterocycles. The minimum absolute atomic E-state index is 0.679. The fourth-order valence-electron chi connectivity index (χ4n) is 0.660. The zero-order chi connectivity index (χ0) is 6.95. The second kappa shape index (κ2) is 8.13. The van der Waals surface area contributed by atoms with Crippen molar-refractivity contribution in [3.63, 3.8) is 0 Å². The topological polar surface area (TPSA) is 26.3 Å². The quantitative estimate of drug-likeness (QED) is 0.417. The molecular weight excluding hydrogens is 131 g/mol. The molecule has 0 aliphatic heterocycles. The van der Waals surface area contributed by atoms with Crippen molar-refractivity contribution in [1.29, 1.82) is 0 Å². The number of unbranched alkanes of at least 4 members (excludes halogenated alkanes) is 3. The molecule has 0 aromatic rings. The van der Waals surface area contributed by atoms with Gasteiger partial charge in [0.25, 0.3) is 0 Å². The average molecular weight is 144 g/mol. The van der Waals surface area contributed by atoms with Gasteiger partial charge in [-0.25, -0.2) is 0 Å². The number of hydrogen-bond donors (Lipinski definition) is 0. The van der Waals surface area contributed by atoms with Gasteiger partial charge in [-0.05, 0) is 0 Å². The van der Waals surface area contributed by atoms with Crippen molar-refractivity contribution < 1.29 is 7.59 Å². The van der Waals surface area contributed by atoms with Crippen molar-refractivity contribution in [3.05, 3.63) is 0 Å². The van der Waals surface area contributed by atoms with Gasteiger partial charge < -0.3 is 0 Å². The van der Waals surface area contributed by atoms with E-state index in [2.05, 4.69) is 6.92 Å². The first-order valence-electron chi connectivity index (χ1n) is 3.47. The van der Waals surface area contributed by atoms with Crippen molar-refractivity contribution in [2.45, 2.75) is 32.6 Å². The van der Waals surface area contributed by atoms with Gasteiger partial charge in [0, 0.05) is 0 Å². The number of rotatable bonds is 6. The third-order valence-corrected chi connectivity index (χ3v) is 1.56. The van der Waals surface area contributed by atoms with E-state index in [0.717, 1.165) is 6.42 Å². The Balaban J connectivity index is 2.66. The predicted molar refractivity (Wildman–Crippen MR) is 36.5 cm³/mol. The summed E-state index contributed by atoms with van der Waals surface area (Å²) >= 11 is -0.975. The summed E-state index contributed by atoms with van der Waals surface area (Å²) in [6.45, 7) is 2.85. The maximum atomic E-state index is 9.82. The number of hydrogen-bond acceptors (Lipinski definition) is 2. The van der Waals surface area contributed by atoms with Crippen LogP contribution in [0.1, 0.15) is 32.6 Å². The summed E-state index contributed by atoms with van der Waals surface area (Å²) < 4.78 is 14.5. The van der Waals surface area contributed by atoms with Crippen molar-refractivity contribution in [2.75, 3.05) is 6.61 Å². The Morgan fingerprint density at radius 2 is 2.11 bits per heavy atom. The van der Waals surface area contributed by atoms with E-state index < -0.39 is 15.5 Å². The van der Waals surface area contributed by atoms with E-state index in [4.69, 9.17) is 3.79 Å². The van der Waals surface area contributed by atoms with E-state index in [-0.39, 0.29) is 0 Å². The van der Waals surface area contributed by atoms with Crippen LogP contribution in [-0.2, 0) is 7.59 Å². The molecule has 0 saturated heterocycles. The van der Waals surface area contributed by atoms with Crippen LogP contribution in [0.2, 0.25) is 0 Å². The van der Waals surface area contributed by atoms with Gasteiger partial charge in [-0.15, -0.1) is 0 Å². The Kier molecular flexibility index (Phi) is 8.25. The van der Waals surface area contributed by atoms with Gasteiger partial charge in [0.1, 0.15) is 0 Å². The van der Waals surface area contributed by atoms with Crippen LogP contribution in [0, 0.1) is 0 Å². The van der Waals surface area contributed by atoms with E-state index in [1.807, 2.05) is 0 Å². The third-order valence-electron chi connectivity index (χ3n) is 1.18. The Morgan fingerprint density at radius 1 is 1.33 bits per heavy atom. The normalized spacial score (nSPS) is 8.56. The third kappa shape index (κ3) is 8.13. The predicted octanol–water partition coefficient (Wildman–Crippen LogP) is 1.55. The summed E-state index contributed by atoms with van der Waals surface area (Å²) in [5.74, 6) is 0. The minimum atomic E-state index is -0.975. The van der Waals surface area contributed by atoms with E-state index in [1.165, 1.54) is 19.3 Å². The van der Waals surface area contributed by atoms with Crippen molar-refractivity contribution in [3.8, 4) is 0 Å². The second-order valence-corrected chi connectivity index (χ2v) is 2.55. The molecule has 0 fully saturated rings. The molecule has 2 nitrogen and oxygen atoms in total. The summed E-state index contributed by atoms with van der Waals surface area (Å²) in [5.41, 5.74) is 0. The van der Waals surface area contributed by atoms with Crippen LogP contribution in [0.5, 0.6) is 0 Å². The molecule has 0 bridgehead atoms. The molecule has 9 heavy (non-hydrogen) atoms. The molecule has 0 N–H and O–H groups in total. The molecule has 0 spiro atoms. The fourth-order valence-corrected chi connectivity index (χ4v) is 0.923. The Bertz CT molecular complexity index is 66.1. The van der Waals surface area contributed by atoms with Gasteiger partial charge in [-0.2, -0.15) is 0 Å². The second-order valence-electron chi connectivity index (χ2n) is 2.03. The van der Waals surface area contributed by atoms with Gasteiger partial charge in [0.15, 0.2) is 0 Å². The summed E-state index contributed by atoms with van der Waals surface area (Å²) in [6, 6.07) is 0. The summed E-state index contributed by atoms with van der Waals surface area (Å²) in [7, 11) is 0. The molecule has 0 rings (SSSR count). The maximum absolute atomic E-state index is 9.82. The summed E-state index contributed by atoms with van der Waals surface area (Å²) in [4.78, 5) is 0. The molecule has 0 amide bonds. The Morgan fingerprint density at radius 3 is 2.67 bits per heavy atom. The van der Waals surface area contributed by atoms with Crippen LogP contribution in [0.25, 0.3) is 0 Å². The molecular formula is C6H13AlO2. The molecule has 0 aromatic carbocycles. The van der Waals surface area contributed by atoms with E-state index in [1.54, 1.807) is 0 Å². The summed E-state index contributed by atoms with van der Waals surface area (Å²) in [6.07, 6.45) is 4.76. The molecule has 52 valence electrons. The Hall–Kier alpha value is 0.132. The fraction of sp³-hybridized carbons (Fsp3) is 1.00. The van der Waals surface area contributed by atoms with Crippen molar-refractivity contribution >= 4 is 15.5 Å². The zero-order valence-electron chi connectivity index (χ0n) is 5.93. The molecule has 0 unspecified atom stereocenters. The van der Waals surface area contributed by atoms with Crippen LogP contribution in [0.4, 0.5) is 0 Å². The molecule has 0 heterocycles. The first-order chi connectivity index (χ1) is 4.41. The van der Waals surface area contributed by atoms with E-state index in [0.29, 0.717) is 6.61 Å². The average Bonchev–Trinajstić information content (AvgIpc) is 1.89. The van der Waals surface area contributed by atoms with Crippen LogP contribution in [0.3, 0.4) is 0 Å². The van der Waals surface area contributed by atoms with E-state index in [9.17, 15) is 3.80 Å². The zero-order valence-corrected chi connectivity index (χ0v) is 7.08. The van der Waals surface area contributed by atoms with Gasteiger partial charge in [0.2, 0.25) is 0 Å². The van der Waals surface area contributed by atoms with Crippen LogP contribution < -0.4 is 0 Å². The van der Waals surface area contributed by atoms with Crippen molar-refractivity contribution in [1.82, 2.24) is 0 Å². The molecule has 0 aliphatic rings. The van der Waals surface area contributed by atoms with Crippen LogP contribution >= 0.6 is 0 Å². The van der Waals surface area contributed by atoms with E-state index >= 15 is 0 Å². The molecule has 0 atom stereocenters. The molecule has 3 heteroatoms. The van der Waals surface area contributed by atoms with Crippen LogP contribution in [-0.4, -0.2) is 22.1 Å². The Labute approximate surface area is 62.8 Å². The van der Waals surface area contributed by atoms with Crippen LogP contribution in [0.15, 0.2) is 0 Å². The summed E-state index contributed by atoms with van der Waals surface area (Å²) in [5, 5.41) is 0. The first-order valence-corrected chi connectivity index (χ1v) is 4.41. The van der Waals surface area contributed by atoms with Crippen molar-refractivity contribution in [2.24, 2.45) is 0 Å². The van der Waals surface area contributed by atoms with Gasteiger partial charge in [0.05, 0.1) is 0 Å². The SMILES string of the molecule is CCCCCC[O][Al]=[O]. The first kappa shape index (κ1) is 9.13. The monoisotopic (exact) mass is 144 g/mol. The van der Waals surface area contributed by atoms with Gasteiger partial charge >= 0.3 is 62.3 Å².